The second-order valence-electron chi connectivity index (χ2n) is 2.26. The topological polar surface area (TPSA) is 61.5 Å². The molecule has 0 heterocycles. The van der Waals surface area contributed by atoms with Crippen LogP contribution in [0.15, 0.2) is 0 Å². The maximum Gasteiger partial charge on any atom is 0.322 e. The minimum atomic E-state index is -0.504. The second kappa shape index (κ2) is 6.12. The predicted octanol–water partition coefficient (Wildman–Crippen LogP) is -0.0867. The molecule has 0 unspecified atom stereocenters. The Balaban J connectivity index is 3.36. The van der Waals surface area contributed by atoms with Crippen LogP contribution in [0, 0.1) is 0 Å². The summed E-state index contributed by atoms with van der Waals surface area (Å²) in [6.45, 7) is 0.630. The van der Waals surface area contributed by atoms with Crippen molar-refractivity contribution in [1.29, 1.82) is 0 Å². The van der Waals surface area contributed by atoms with Gasteiger partial charge in [-0.2, -0.15) is 0 Å². The first-order valence-electron chi connectivity index (χ1n) is 3.54. The van der Waals surface area contributed by atoms with Gasteiger partial charge in [0.05, 0.1) is 7.11 Å². The first kappa shape index (κ1) is 10.4. The van der Waals surface area contributed by atoms with E-state index in [4.69, 9.17) is 10.5 Å². The second-order valence-corrected chi connectivity index (χ2v) is 2.26. The van der Waals surface area contributed by atoms with E-state index in [1.54, 1.807) is 7.11 Å². The van der Waals surface area contributed by atoms with Crippen molar-refractivity contribution in [2.75, 3.05) is 20.8 Å². The standard InChI is InChI=1S/C7H15NO3/c1-10-5-3-4-6(8)7(9)11-2/h6H,3-5,8H2,1-2H3/t6-/m1/s1. The molecule has 4 heteroatoms. The highest BCUT2D eigenvalue weighted by Gasteiger charge is 2.11. The maximum atomic E-state index is 10.7. The summed E-state index contributed by atoms with van der Waals surface area (Å²) in [7, 11) is 2.95. The van der Waals surface area contributed by atoms with Crippen molar-refractivity contribution in [2.24, 2.45) is 5.73 Å². The Morgan fingerprint density at radius 2 is 2.18 bits per heavy atom. The summed E-state index contributed by atoms with van der Waals surface area (Å²) >= 11 is 0. The van der Waals surface area contributed by atoms with Crippen molar-refractivity contribution in [3.05, 3.63) is 0 Å². The van der Waals surface area contributed by atoms with E-state index in [-0.39, 0.29) is 5.97 Å². The molecule has 0 saturated heterocycles. The van der Waals surface area contributed by atoms with Crippen LogP contribution in [0.2, 0.25) is 0 Å². The first-order valence-corrected chi connectivity index (χ1v) is 3.54. The Morgan fingerprint density at radius 1 is 1.55 bits per heavy atom. The fraction of sp³-hybridized carbons (Fsp3) is 0.857. The summed E-state index contributed by atoms with van der Waals surface area (Å²) in [6.07, 6.45) is 1.40. The molecule has 0 aromatic rings. The van der Waals surface area contributed by atoms with Crippen LogP contribution in [0.1, 0.15) is 12.8 Å². The lowest BCUT2D eigenvalue weighted by molar-refractivity contribution is -0.142. The van der Waals surface area contributed by atoms with Crippen LogP contribution in [0.4, 0.5) is 0 Å². The van der Waals surface area contributed by atoms with Crippen LogP contribution in [0.25, 0.3) is 0 Å². The Bertz CT molecular complexity index is 116. The van der Waals surface area contributed by atoms with Gasteiger partial charge in [0.2, 0.25) is 0 Å². The van der Waals surface area contributed by atoms with Crippen LogP contribution < -0.4 is 5.73 Å². The molecule has 0 aliphatic rings. The average Bonchev–Trinajstić information content (AvgIpc) is 2.03. The molecule has 0 aromatic heterocycles. The van der Waals surface area contributed by atoms with Crippen molar-refractivity contribution < 1.29 is 14.3 Å². The number of carbonyl (C=O) groups excluding carboxylic acids is 1. The Kier molecular flexibility index (Phi) is 5.78. The number of carbonyl (C=O) groups is 1. The van der Waals surface area contributed by atoms with E-state index in [2.05, 4.69) is 4.74 Å². The number of hydrogen-bond donors (Lipinski definition) is 1. The number of ether oxygens (including phenoxy) is 2. The van der Waals surface area contributed by atoms with Crippen LogP contribution in [0.3, 0.4) is 0 Å². The molecule has 0 bridgehead atoms. The lowest BCUT2D eigenvalue weighted by atomic mass is 10.2. The van der Waals surface area contributed by atoms with Crippen LogP contribution in [-0.2, 0) is 14.3 Å². The summed E-state index contributed by atoms with van der Waals surface area (Å²) < 4.78 is 9.24. The van der Waals surface area contributed by atoms with Gasteiger partial charge in [-0.25, -0.2) is 0 Å². The lowest BCUT2D eigenvalue weighted by Crippen LogP contribution is -2.31. The highest BCUT2D eigenvalue weighted by atomic mass is 16.5. The molecule has 0 saturated carbocycles. The van der Waals surface area contributed by atoms with Gasteiger partial charge in [-0.3, -0.25) is 4.79 Å². The van der Waals surface area contributed by atoms with Crippen molar-refractivity contribution in [3.8, 4) is 0 Å². The van der Waals surface area contributed by atoms with Crippen LogP contribution in [0.5, 0.6) is 0 Å². The molecule has 0 aliphatic carbocycles. The molecule has 0 aliphatic heterocycles. The zero-order chi connectivity index (χ0) is 8.69. The van der Waals surface area contributed by atoms with Gasteiger partial charge in [-0.05, 0) is 12.8 Å². The average molecular weight is 161 g/mol. The summed E-state index contributed by atoms with van der Waals surface area (Å²) in [5.74, 6) is -0.360. The quantitative estimate of drug-likeness (QED) is 0.452. The van der Waals surface area contributed by atoms with Crippen molar-refractivity contribution in [1.82, 2.24) is 0 Å². The third-order valence-electron chi connectivity index (χ3n) is 1.37. The monoisotopic (exact) mass is 161 g/mol. The lowest BCUT2D eigenvalue weighted by Gasteiger charge is -2.07. The van der Waals surface area contributed by atoms with Gasteiger partial charge in [0.25, 0.3) is 0 Å². The Hall–Kier alpha value is -0.610. The third kappa shape index (κ3) is 4.75. The fourth-order valence-electron chi connectivity index (χ4n) is 0.717. The Morgan fingerprint density at radius 3 is 2.64 bits per heavy atom. The summed E-state index contributed by atoms with van der Waals surface area (Å²) in [5, 5.41) is 0. The molecular weight excluding hydrogens is 146 g/mol. The number of nitrogens with two attached hydrogens (primary N) is 1. The minimum Gasteiger partial charge on any atom is -0.468 e. The smallest absolute Gasteiger partial charge is 0.322 e. The maximum absolute atomic E-state index is 10.7. The molecule has 2 N–H and O–H groups in total. The zero-order valence-corrected chi connectivity index (χ0v) is 7.00. The number of hydrogen-bond acceptors (Lipinski definition) is 4. The molecule has 66 valence electrons. The van der Waals surface area contributed by atoms with Gasteiger partial charge in [-0.1, -0.05) is 0 Å². The van der Waals surface area contributed by atoms with E-state index >= 15 is 0 Å². The number of methoxy groups -OCH3 is 2. The minimum absolute atomic E-state index is 0.360. The molecule has 0 radical (unpaired) electrons. The van der Waals surface area contributed by atoms with Gasteiger partial charge >= 0.3 is 5.97 Å². The van der Waals surface area contributed by atoms with E-state index in [1.165, 1.54) is 7.11 Å². The largest absolute Gasteiger partial charge is 0.468 e. The molecule has 11 heavy (non-hydrogen) atoms. The molecule has 0 fully saturated rings. The van der Waals surface area contributed by atoms with Gasteiger partial charge in [0.1, 0.15) is 6.04 Å². The third-order valence-corrected chi connectivity index (χ3v) is 1.37. The van der Waals surface area contributed by atoms with E-state index in [9.17, 15) is 4.79 Å². The SMILES string of the molecule is COCCC[C@@H](N)C(=O)OC. The van der Waals surface area contributed by atoms with E-state index < -0.39 is 6.04 Å². The zero-order valence-electron chi connectivity index (χ0n) is 7.00. The van der Waals surface area contributed by atoms with E-state index in [1.807, 2.05) is 0 Å². The highest BCUT2D eigenvalue weighted by Crippen LogP contribution is 1.95. The summed E-state index contributed by atoms with van der Waals surface area (Å²) in [4.78, 5) is 10.7. The van der Waals surface area contributed by atoms with Crippen LogP contribution >= 0.6 is 0 Å². The fourth-order valence-corrected chi connectivity index (χ4v) is 0.717. The van der Waals surface area contributed by atoms with Crippen molar-refractivity contribution in [2.45, 2.75) is 18.9 Å². The van der Waals surface area contributed by atoms with E-state index in [0.717, 1.165) is 6.42 Å². The summed E-state index contributed by atoms with van der Waals surface area (Å²) in [5.41, 5.74) is 5.44. The summed E-state index contributed by atoms with van der Waals surface area (Å²) in [6, 6.07) is -0.504. The van der Waals surface area contributed by atoms with Gasteiger partial charge < -0.3 is 15.2 Å². The van der Waals surface area contributed by atoms with Crippen molar-refractivity contribution >= 4 is 5.97 Å². The number of esters is 1. The Labute approximate surface area is 66.7 Å². The van der Waals surface area contributed by atoms with Crippen LogP contribution in [-0.4, -0.2) is 32.8 Å². The molecule has 0 spiro atoms. The number of rotatable bonds is 5. The van der Waals surface area contributed by atoms with Gasteiger partial charge in [-0.15, -0.1) is 0 Å². The predicted molar refractivity (Wildman–Crippen MR) is 41.1 cm³/mol. The van der Waals surface area contributed by atoms with Crippen molar-refractivity contribution in [3.63, 3.8) is 0 Å². The van der Waals surface area contributed by atoms with E-state index in [0.29, 0.717) is 13.0 Å². The van der Waals surface area contributed by atoms with Gasteiger partial charge in [0.15, 0.2) is 0 Å². The first-order chi connectivity index (χ1) is 5.22. The highest BCUT2D eigenvalue weighted by molar-refractivity contribution is 5.75. The molecule has 1 atom stereocenters. The normalized spacial score (nSPS) is 12.6. The van der Waals surface area contributed by atoms with Gasteiger partial charge in [0, 0.05) is 13.7 Å². The molecule has 0 aromatic carbocycles. The molecule has 4 nitrogen and oxygen atoms in total. The molecule has 0 amide bonds. The molecular formula is C7H15NO3. The molecule has 0 rings (SSSR count).